The number of anilines is 1. The van der Waals surface area contributed by atoms with Crippen molar-refractivity contribution in [3.05, 3.63) is 22.8 Å². The van der Waals surface area contributed by atoms with Crippen molar-refractivity contribution in [3.8, 4) is 0 Å². The number of pyridine rings is 1. The smallest absolute Gasteiger partial charge is 0.417 e. The molecule has 2 aliphatic heterocycles. The van der Waals surface area contributed by atoms with Crippen LogP contribution in [0.2, 0.25) is 5.02 Å². The molecule has 11 heteroatoms. The molecular formula is C15H16ClF3N4O3. The number of ether oxygens (including phenoxy) is 1. The number of alkyl halides is 3. The number of rotatable bonds is 3. The summed E-state index contributed by atoms with van der Waals surface area (Å²) in [5, 5.41) is -0.0656. The number of hydrogen-bond donors (Lipinski definition) is 0. The third-order valence-electron chi connectivity index (χ3n) is 4.24. The van der Waals surface area contributed by atoms with E-state index in [1.54, 1.807) is 4.90 Å². The summed E-state index contributed by atoms with van der Waals surface area (Å²) in [5.41, 5.74) is -0.895. The summed E-state index contributed by atoms with van der Waals surface area (Å²) in [6, 6.07) is 0.860. The predicted octanol–water partition coefficient (Wildman–Crippen LogP) is 1.85. The van der Waals surface area contributed by atoms with Crippen molar-refractivity contribution in [2.24, 2.45) is 0 Å². The van der Waals surface area contributed by atoms with Crippen LogP contribution in [0.25, 0.3) is 0 Å². The van der Waals surface area contributed by atoms with Gasteiger partial charge in [0.15, 0.2) is 0 Å². The molecule has 2 fully saturated rings. The highest BCUT2D eigenvalue weighted by molar-refractivity contribution is 6.33. The van der Waals surface area contributed by atoms with Gasteiger partial charge in [-0.2, -0.15) is 13.2 Å². The zero-order chi connectivity index (χ0) is 18.9. The van der Waals surface area contributed by atoms with Crippen molar-refractivity contribution < 1.29 is 27.5 Å². The van der Waals surface area contributed by atoms with E-state index in [4.69, 9.17) is 16.3 Å². The molecule has 26 heavy (non-hydrogen) atoms. The summed E-state index contributed by atoms with van der Waals surface area (Å²) >= 11 is 5.96. The molecule has 0 unspecified atom stereocenters. The minimum atomic E-state index is -4.50. The lowest BCUT2D eigenvalue weighted by molar-refractivity contribution is -0.137. The Balaban J connectivity index is 1.57. The van der Waals surface area contributed by atoms with Gasteiger partial charge in [0.05, 0.1) is 23.7 Å². The summed E-state index contributed by atoms with van der Waals surface area (Å²) in [7, 11) is 0. The first-order valence-corrected chi connectivity index (χ1v) is 8.30. The molecule has 3 heterocycles. The van der Waals surface area contributed by atoms with Gasteiger partial charge in [0.1, 0.15) is 12.4 Å². The van der Waals surface area contributed by atoms with Gasteiger partial charge in [-0.05, 0) is 6.07 Å². The Labute approximate surface area is 152 Å². The fraction of sp³-hybridized carbons (Fsp3) is 0.533. The zero-order valence-electron chi connectivity index (χ0n) is 13.6. The van der Waals surface area contributed by atoms with Gasteiger partial charge in [0, 0.05) is 32.4 Å². The van der Waals surface area contributed by atoms with Crippen molar-refractivity contribution in [2.75, 3.05) is 50.8 Å². The number of carbonyl (C=O) groups excluding carboxylic acids is 2. The first kappa shape index (κ1) is 18.7. The Hall–Kier alpha value is -2.07. The normalized spacial score (nSPS) is 19.0. The molecule has 3 rings (SSSR count). The van der Waals surface area contributed by atoms with Gasteiger partial charge in [0.2, 0.25) is 5.91 Å². The van der Waals surface area contributed by atoms with Crippen LogP contribution in [0.3, 0.4) is 0 Å². The minimum absolute atomic E-state index is 0.0656. The van der Waals surface area contributed by atoms with E-state index in [0.717, 1.165) is 17.2 Å². The van der Waals surface area contributed by atoms with E-state index in [-0.39, 0.29) is 36.4 Å². The standard InChI is InChI=1S/C15H16ClF3N4O3/c16-11-7-10(15(17,18)19)8-20-13(11)22-3-1-21(2-4-22)9-12(24)23-5-6-26-14(23)25/h7-8H,1-6,9H2. The Bertz CT molecular complexity index is 708. The maximum atomic E-state index is 12.7. The lowest BCUT2D eigenvalue weighted by Crippen LogP contribution is -2.50. The molecular weight excluding hydrogens is 377 g/mol. The van der Waals surface area contributed by atoms with E-state index in [0.29, 0.717) is 26.2 Å². The highest BCUT2D eigenvalue weighted by Crippen LogP contribution is 2.33. The third-order valence-corrected chi connectivity index (χ3v) is 4.52. The zero-order valence-corrected chi connectivity index (χ0v) is 14.4. The van der Waals surface area contributed by atoms with E-state index >= 15 is 0 Å². The van der Waals surface area contributed by atoms with Gasteiger partial charge in [-0.1, -0.05) is 11.6 Å². The van der Waals surface area contributed by atoms with Crippen LogP contribution >= 0.6 is 11.6 Å². The van der Waals surface area contributed by atoms with E-state index < -0.39 is 17.8 Å². The van der Waals surface area contributed by atoms with E-state index in [2.05, 4.69) is 4.98 Å². The average Bonchev–Trinajstić information content (AvgIpc) is 3.01. The van der Waals surface area contributed by atoms with Crippen molar-refractivity contribution in [1.82, 2.24) is 14.8 Å². The van der Waals surface area contributed by atoms with E-state index in [9.17, 15) is 22.8 Å². The average molecular weight is 393 g/mol. The van der Waals surface area contributed by atoms with Crippen LogP contribution in [0.4, 0.5) is 23.8 Å². The quantitative estimate of drug-likeness (QED) is 0.782. The lowest BCUT2D eigenvalue weighted by Gasteiger charge is -2.35. The summed E-state index contributed by atoms with van der Waals surface area (Å²) in [6.07, 6.45) is -4.37. The summed E-state index contributed by atoms with van der Waals surface area (Å²) < 4.78 is 42.8. The SMILES string of the molecule is O=C(CN1CCN(c2ncc(C(F)(F)F)cc2Cl)CC1)N1CCOC1=O. The number of cyclic esters (lactones) is 1. The van der Waals surface area contributed by atoms with Crippen LogP contribution in [0.1, 0.15) is 5.56 Å². The molecule has 2 aliphatic rings. The Morgan fingerprint density at radius 1 is 1.23 bits per heavy atom. The number of piperazine rings is 1. The lowest BCUT2D eigenvalue weighted by atomic mass is 10.2. The van der Waals surface area contributed by atoms with E-state index in [1.165, 1.54) is 0 Å². The van der Waals surface area contributed by atoms with Crippen molar-refractivity contribution in [1.29, 1.82) is 0 Å². The number of carbonyl (C=O) groups is 2. The number of hydrogen-bond acceptors (Lipinski definition) is 6. The number of halogens is 4. The second kappa shape index (κ2) is 7.28. The molecule has 0 N–H and O–H groups in total. The Morgan fingerprint density at radius 3 is 2.46 bits per heavy atom. The van der Waals surface area contributed by atoms with Gasteiger partial charge >= 0.3 is 12.3 Å². The summed E-state index contributed by atoms with van der Waals surface area (Å²) in [4.78, 5) is 32.0. The molecule has 1 aromatic rings. The summed E-state index contributed by atoms with van der Waals surface area (Å²) in [6.45, 7) is 2.43. The third kappa shape index (κ3) is 4.01. The van der Waals surface area contributed by atoms with Crippen molar-refractivity contribution in [3.63, 3.8) is 0 Å². The van der Waals surface area contributed by atoms with Crippen LogP contribution in [0, 0.1) is 0 Å². The van der Waals surface area contributed by atoms with Crippen molar-refractivity contribution in [2.45, 2.75) is 6.18 Å². The topological polar surface area (TPSA) is 66.0 Å². The Morgan fingerprint density at radius 2 is 1.92 bits per heavy atom. The molecule has 2 saturated heterocycles. The van der Waals surface area contributed by atoms with Crippen LogP contribution < -0.4 is 4.90 Å². The molecule has 0 aliphatic carbocycles. The number of imide groups is 1. The molecule has 2 amide bonds. The second-order valence-electron chi connectivity index (χ2n) is 5.95. The van der Waals surface area contributed by atoms with Crippen LogP contribution in [-0.4, -0.2) is 72.7 Å². The first-order chi connectivity index (χ1) is 12.3. The fourth-order valence-corrected chi connectivity index (χ4v) is 3.12. The molecule has 0 saturated carbocycles. The first-order valence-electron chi connectivity index (χ1n) is 7.93. The Kier molecular flexibility index (Phi) is 5.24. The van der Waals surface area contributed by atoms with Crippen LogP contribution in [0.15, 0.2) is 12.3 Å². The molecule has 0 spiro atoms. The predicted molar refractivity (Wildman–Crippen MR) is 86.0 cm³/mol. The molecule has 142 valence electrons. The number of amides is 2. The monoisotopic (exact) mass is 392 g/mol. The van der Waals surface area contributed by atoms with Gasteiger partial charge in [-0.25, -0.2) is 14.7 Å². The van der Waals surface area contributed by atoms with Crippen molar-refractivity contribution >= 4 is 29.4 Å². The molecule has 0 atom stereocenters. The highest BCUT2D eigenvalue weighted by atomic mass is 35.5. The van der Waals surface area contributed by atoms with Gasteiger partial charge in [-0.3, -0.25) is 9.69 Å². The minimum Gasteiger partial charge on any atom is -0.447 e. The number of aromatic nitrogens is 1. The van der Waals surface area contributed by atoms with Gasteiger partial charge in [0.25, 0.3) is 0 Å². The van der Waals surface area contributed by atoms with Crippen LogP contribution in [0.5, 0.6) is 0 Å². The molecule has 1 aromatic heterocycles. The highest BCUT2D eigenvalue weighted by Gasteiger charge is 2.33. The number of nitrogens with zero attached hydrogens (tertiary/aromatic N) is 4. The second-order valence-corrected chi connectivity index (χ2v) is 6.36. The maximum Gasteiger partial charge on any atom is 0.417 e. The fourth-order valence-electron chi connectivity index (χ4n) is 2.83. The molecule has 0 radical (unpaired) electrons. The van der Waals surface area contributed by atoms with E-state index in [1.807, 2.05) is 4.90 Å². The molecule has 0 bridgehead atoms. The maximum absolute atomic E-state index is 12.7. The summed E-state index contributed by atoms with van der Waals surface area (Å²) in [5.74, 6) is -0.0413. The van der Waals surface area contributed by atoms with Gasteiger partial charge in [-0.15, -0.1) is 0 Å². The van der Waals surface area contributed by atoms with Gasteiger partial charge < -0.3 is 9.64 Å². The van der Waals surface area contributed by atoms with Crippen LogP contribution in [-0.2, 0) is 15.7 Å². The molecule has 0 aromatic carbocycles. The molecule has 7 nitrogen and oxygen atoms in total. The largest absolute Gasteiger partial charge is 0.447 e.